The fourth-order valence-electron chi connectivity index (χ4n) is 3.50. The van der Waals surface area contributed by atoms with Gasteiger partial charge in [-0.15, -0.1) is 0 Å². The van der Waals surface area contributed by atoms with Crippen LogP contribution in [0.15, 0.2) is 48.5 Å². The van der Waals surface area contributed by atoms with Crippen LogP contribution in [-0.2, 0) is 0 Å². The number of nitrogens with zero attached hydrogens (tertiary/aromatic N) is 2. The van der Waals surface area contributed by atoms with Gasteiger partial charge < -0.3 is 10.2 Å². The largest absolute Gasteiger partial charge is 0.371 e. The highest BCUT2D eigenvalue weighted by atomic mass is 16.6. The van der Waals surface area contributed by atoms with Crippen LogP contribution in [0.1, 0.15) is 48.7 Å². The van der Waals surface area contributed by atoms with Crippen molar-refractivity contribution in [1.82, 2.24) is 5.32 Å². The highest BCUT2D eigenvalue weighted by molar-refractivity contribution is 5.94. The van der Waals surface area contributed by atoms with Crippen molar-refractivity contribution in [3.8, 4) is 0 Å². The van der Waals surface area contributed by atoms with Gasteiger partial charge in [0.25, 0.3) is 11.6 Å². The van der Waals surface area contributed by atoms with Crippen LogP contribution in [0.5, 0.6) is 0 Å². The molecule has 1 fully saturated rings. The summed E-state index contributed by atoms with van der Waals surface area (Å²) in [6, 6.07) is 13.8. The van der Waals surface area contributed by atoms with Gasteiger partial charge in [0.05, 0.1) is 11.0 Å². The van der Waals surface area contributed by atoms with Crippen molar-refractivity contribution in [1.29, 1.82) is 0 Å². The average Bonchev–Trinajstić information content (AvgIpc) is 2.68. The molecule has 2 aromatic carbocycles. The average molecular weight is 367 g/mol. The lowest BCUT2D eigenvalue weighted by atomic mass is 9.99. The molecule has 1 heterocycles. The molecule has 0 aliphatic carbocycles. The van der Waals surface area contributed by atoms with E-state index in [9.17, 15) is 14.9 Å². The Bertz CT molecular complexity index is 802. The summed E-state index contributed by atoms with van der Waals surface area (Å²) < 4.78 is 0. The first-order chi connectivity index (χ1) is 12.9. The third-order valence-corrected chi connectivity index (χ3v) is 5.10. The van der Waals surface area contributed by atoms with E-state index in [1.807, 2.05) is 6.92 Å². The molecule has 142 valence electrons. The summed E-state index contributed by atoms with van der Waals surface area (Å²) in [5, 5.41) is 13.7. The molecule has 1 amide bonds. The van der Waals surface area contributed by atoms with E-state index in [4.69, 9.17) is 0 Å². The van der Waals surface area contributed by atoms with Crippen LogP contribution in [0, 0.1) is 16.0 Å². The summed E-state index contributed by atoms with van der Waals surface area (Å²) in [5.74, 6) is 0.477. The van der Waals surface area contributed by atoms with Crippen LogP contribution >= 0.6 is 0 Å². The van der Waals surface area contributed by atoms with E-state index >= 15 is 0 Å². The zero-order valence-electron chi connectivity index (χ0n) is 15.7. The number of non-ortho nitro benzene ring substituents is 1. The van der Waals surface area contributed by atoms with Crippen LogP contribution in [0.2, 0.25) is 0 Å². The highest BCUT2D eigenvalue weighted by Gasteiger charge is 2.17. The molecule has 0 spiro atoms. The van der Waals surface area contributed by atoms with E-state index in [1.165, 1.54) is 42.8 Å². The van der Waals surface area contributed by atoms with Gasteiger partial charge in [-0.3, -0.25) is 14.9 Å². The topological polar surface area (TPSA) is 75.5 Å². The second-order valence-electron chi connectivity index (χ2n) is 7.28. The van der Waals surface area contributed by atoms with Crippen LogP contribution in [0.4, 0.5) is 11.4 Å². The van der Waals surface area contributed by atoms with E-state index in [0.717, 1.165) is 24.6 Å². The molecule has 6 nitrogen and oxygen atoms in total. The summed E-state index contributed by atoms with van der Waals surface area (Å²) in [7, 11) is 0. The van der Waals surface area contributed by atoms with E-state index in [0.29, 0.717) is 5.56 Å². The Hall–Kier alpha value is -2.89. The Kier molecular flexibility index (Phi) is 5.74. The number of rotatable bonds is 5. The van der Waals surface area contributed by atoms with Gasteiger partial charge in [0.1, 0.15) is 0 Å². The number of amides is 1. The van der Waals surface area contributed by atoms with Crippen molar-refractivity contribution in [3.63, 3.8) is 0 Å². The number of nitro groups is 1. The van der Waals surface area contributed by atoms with Crippen molar-refractivity contribution in [2.45, 2.75) is 32.7 Å². The van der Waals surface area contributed by atoms with Crippen LogP contribution in [-0.4, -0.2) is 23.9 Å². The van der Waals surface area contributed by atoms with Crippen LogP contribution < -0.4 is 10.2 Å². The molecule has 2 aromatic rings. The van der Waals surface area contributed by atoms with E-state index in [-0.39, 0.29) is 17.6 Å². The number of nitro benzene ring substituents is 1. The molecule has 0 radical (unpaired) electrons. The minimum Gasteiger partial charge on any atom is -0.371 e. The fourth-order valence-corrected chi connectivity index (χ4v) is 3.50. The molecule has 6 heteroatoms. The molecule has 1 aliphatic heterocycles. The van der Waals surface area contributed by atoms with Crippen LogP contribution in [0.25, 0.3) is 0 Å². The van der Waals surface area contributed by atoms with Crippen molar-refractivity contribution in [3.05, 3.63) is 69.8 Å². The first-order valence-corrected chi connectivity index (χ1v) is 9.34. The molecule has 27 heavy (non-hydrogen) atoms. The maximum atomic E-state index is 12.4. The van der Waals surface area contributed by atoms with Gasteiger partial charge in [0.2, 0.25) is 0 Å². The molecule has 0 saturated carbocycles. The number of carbonyl (C=O) groups is 1. The standard InChI is InChI=1S/C21H25N3O3/c1-15-4-3-13-23(14-15)19-9-5-17(6-10-19)16(2)22-21(25)18-7-11-20(12-8-18)24(26)27/h5-12,15-16H,3-4,13-14H2,1-2H3,(H,22,25). The Balaban J connectivity index is 1.62. The molecule has 2 atom stereocenters. The maximum Gasteiger partial charge on any atom is 0.269 e. The van der Waals surface area contributed by atoms with Gasteiger partial charge in [-0.25, -0.2) is 0 Å². The minimum atomic E-state index is -0.477. The number of benzene rings is 2. The Labute approximate surface area is 159 Å². The molecule has 2 unspecified atom stereocenters. The van der Waals surface area contributed by atoms with Crippen molar-refractivity contribution in [2.75, 3.05) is 18.0 Å². The van der Waals surface area contributed by atoms with Gasteiger partial charge in [0, 0.05) is 36.5 Å². The SMILES string of the molecule is CC1CCCN(c2ccc(C(C)NC(=O)c3ccc([N+](=O)[O-])cc3)cc2)C1. The van der Waals surface area contributed by atoms with Crippen LogP contribution in [0.3, 0.4) is 0 Å². The first kappa shape index (κ1) is 18.9. The molecular weight excluding hydrogens is 342 g/mol. The van der Waals surface area contributed by atoms with E-state index in [1.54, 1.807) is 0 Å². The fraction of sp³-hybridized carbons (Fsp3) is 0.381. The van der Waals surface area contributed by atoms with Gasteiger partial charge in [-0.05, 0) is 55.5 Å². The van der Waals surface area contributed by atoms with Gasteiger partial charge >= 0.3 is 0 Å². The third kappa shape index (κ3) is 4.64. The normalized spacial score (nSPS) is 18.0. The zero-order valence-corrected chi connectivity index (χ0v) is 15.7. The number of piperidine rings is 1. The first-order valence-electron chi connectivity index (χ1n) is 9.34. The number of nitrogens with one attached hydrogen (secondary N) is 1. The zero-order chi connectivity index (χ0) is 19.4. The number of anilines is 1. The summed E-state index contributed by atoms with van der Waals surface area (Å²) >= 11 is 0. The predicted octanol–water partition coefficient (Wildman–Crippen LogP) is 4.32. The molecule has 1 N–H and O–H groups in total. The second-order valence-corrected chi connectivity index (χ2v) is 7.28. The molecule has 0 aromatic heterocycles. The maximum absolute atomic E-state index is 12.4. The van der Waals surface area contributed by atoms with Crippen molar-refractivity contribution < 1.29 is 9.72 Å². The minimum absolute atomic E-state index is 0.0257. The van der Waals surface area contributed by atoms with Crippen molar-refractivity contribution >= 4 is 17.3 Å². The summed E-state index contributed by atoms with van der Waals surface area (Å²) in [6.07, 6.45) is 2.52. The van der Waals surface area contributed by atoms with Gasteiger partial charge in [-0.1, -0.05) is 19.1 Å². The van der Waals surface area contributed by atoms with E-state index < -0.39 is 4.92 Å². The number of hydrogen-bond acceptors (Lipinski definition) is 4. The van der Waals surface area contributed by atoms with Gasteiger partial charge in [-0.2, -0.15) is 0 Å². The summed E-state index contributed by atoms with van der Waals surface area (Å²) in [5.41, 5.74) is 2.63. The molecule has 1 saturated heterocycles. The Morgan fingerprint density at radius 2 is 1.85 bits per heavy atom. The quantitative estimate of drug-likeness (QED) is 0.631. The third-order valence-electron chi connectivity index (χ3n) is 5.10. The summed E-state index contributed by atoms with van der Waals surface area (Å²) in [4.78, 5) is 25.0. The van der Waals surface area contributed by atoms with E-state index in [2.05, 4.69) is 41.4 Å². The lowest BCUT2D eigenvalue weighted by Crippen LogP contribution is -2.34. The van der Waals surface area contributed by atoms with Crippen molar-refractivity contribution in [2.24, 2.45) is 5.92 Å². The highest BCUT2D eigenvalue weighted by Crippen LogP contribution is 2.24. The number of carbonyl (C=O) groups excluding carboxylic acids is 1. The molecular formula is C21H25N3O3. The second kappa shape index (κ2) is 8.20. The lowest BCUT2D eigenvalue weighted by molar-refractivity contribution is -0.384. The number of hydrogen-bond donors (Lipinski definition) is 1. The monoisotopic (exact) mass is 367 g/mol. The molecule has 1 aliphatic rings. The summed E-state index contributed by atoms with van der Waals surface area (Å²) in [6.45, 7) is 6.40. The lowest BCUT2D eigenvalue weighted by Gasteiger charge is -2.33. The Morgan fingerprint density at radius 1 is 1.19 bits per heavy atom. The smallest absolute Gasteiger partial charge is 0.269 e. The molecule has 3 rings (SSSR count). The molecule has 0 bridgehead atoms. The van der Waals surface area contributed by atoms with Gasteiger partial charge in [0.15, 0.2) is 0 Å². The predicted molar refractivity (Wildman–Crippen MR) is 106 cm³/mol. The Morgan fingerprint density at radius 3 is 2.44 bits per heavy atom.